The van der Waals surface area contributed by atoms with Crippen molar-refractivity contribution in [2.24, 2.45) is 0 Å². The van der Waals surface area contributed by atoms with Gasteiger partial charge in [0, 0.05) is 6.04 Å². The van der Waals surface area contributed by atoms with Gasteiger partial charge >= 0.3 is 0 Å². The molecule has 0 fully saturated rings. The van der Waals surface area contributed by atoms with Gasteiger partial charge in [0.05, 0.1) is 20.3 Å². The molecule has 17 heavy (non-hydrogen) atoms. The number of hydrogen-bond donors (Lipinski definition) is 2. The molecular formula is C10H16N4O2S. The fraction of sp³-hybridized carbons (Fsp3) is 0.500. The molecule has 0 aliphatic heterocycles. The van der Waals surface area contributed by atoms with Gasteiger partial charge in [-0.1, -0.05) is 0 Å². The van der Waals surface area contributed by atoms with Crippen LogP contribution in [0, 0.1) is 0 Å². The first-order valence-electron chi connectivity index (χ1n) is 5.09. The van der Waals surface area contributed by atoms with Crippen LogP contribution >= 0.6 is 12.2 Å². The minimum absolute atomic E-state index is 0.238. The third-order valence-electron chi connectivity index (χ3n) is 1.74. The summed E-state index contributed by atoms with van der Waals surface area (Å²) in [6.45, 7) is 3.97. The monoisotopic (exact) mass is 256 g/mol. The van der Waals surface area contributed by atoms with Crippen molar-refractivity contribution in [2.75, 3.05) is 19.5 Å². The summed E-state index contributed by atoms with van der Waals surface area (Å²) in [6.07, 6.45) is 0. The van der Waals surface area contributed by atoms with E-state index in [0.717, 1.165) is 0 Å². The lowest BCUT2D eigenvalue weighted by atomic mass is 10.4. The SMILES string of the molecule is COc1cc(OC)nc(NC(=S)NC(C)C)n1. The van der Waals surface area contributed by atoms with E-state index in [1.165, 1.54) is 14.2 Å². The van der Waals surface area contributed by atoms with E-state index in [9.17, 15) is 0 Å². The zero-order chi connectivity index (χ0) is 12.8. The van der Waals surface area contributed by atoms with E-state index in [1.54, 1.807) is 6.07 Å². The maximum atomic E-state index is 5.09. The number of rotatable bonds is 4. The van der Waals surface area contributed by atoms with E-state index in [1.807, 2.05) is 13.8 Å². The van der Waals surface area contributed by atoms with Gasteiger partial charge in [-0.3, -0.25) is 0 Å². The van der Waals surface area contributed by atoms with Crippen molar-refractivity contribution in [3.63, 3.8) is 0 Å². The van der Waals surface area contributed by atoms with Crippen molar-refractivity contribution < 1.29 is 9.47 Å². The first kappa shape index (κ1) is 13.4. The molecule has 0 saturated carbocycles. The molecule has 94 valence electrons. The van der Waals surface area contributed by atoms with Gasteiger partial charge in [-0.2, -0.15) is 9.97 Å². The first-order valence-corrected chi connectivity index (χ1v) is 5.50. The summed E-state index contributed by atoms with van der Waals surface area (Å²) in [5.74, 6) is 1.15. The van der Waals surface area contributed by atoms with E-state index in [2.05, 4.69) is 20.6 Å². The van der Waals surface area contributed by atoms with Crippen LogP contribution in [0.25, 0.3) is 0 Å². The lowest BCUT2D eigenvalue weighted by molar-refractivity contribution is 0.373. The number of ether oxygens (including phenoxy) is 2. The zero-order valence-corrected chi connectivity index (χ0v) is 11.1. The van der Waals surface area contributed by atoms with Crippen LogP contribution in [0.4, 0.5) is 5.95 Å². The van der Waals surface area contributed by atoms with Gasteiger partial charge in [-0.15, -0.1) is 0 Å². The van der Waals surface area contributed by atoms with E-state index in [-0.39, 0.29) is 6.04 Å². The Bertz CT molecular complexity index is 376. The van der Waals surface area contributed by atoms with Crippen molar-refractivity contribution in [1.82, 2.24) is 15.3 Å². The summed E-state index contributed by atoms with van der Waals surface area (Å²) in [6, 6.07) is 1.83. The number of thiocarbonyl (C=S) groups is 1. The molecule has 0 aromatic carbocycles. The number of anilines is 1. The lowest BCUT2D eigenvalue weighted by Gasteiger charge is -2.12. The van der Waals surface area contributed by atoms with Gasteiger partial charge in [0.15, 0.2) is 5.11 Å². The minimum Gasteiger partial charge on any atom is -0.481 e. The minimum atomic E-state index is 0.238. The van der Waals surface area contributed by atoms with Crippen LogP contribution in [0.15, 0.2) is 6.07 Å². The molecule has 0 saturated heterocycles. The molecule has 0 bridgehead atoms. The maximum Gasteiger partial charge on any atom is 0.235 e. The van der Waals surface area contributed by atoms with Gasteiger partial charge in [0.2, 0.25) is 17.7 Å². The largest absolute Gasteiger partial charge is 0.481 e. The molecule has 0 aliphatic carbocycles. The highest BCUT2D eigenvalue weighted by atomic mass is 32.1. The molecule has 0 radical (unpaired) electrons. The Labute approximate surface area is 106 Å². The number of nitrogens with zero attached hydrogens (tertiary/aromatic N) is 2. The Morgan fingerprint density at radius 3 is 2.18 bits per heavy atom. The molecule has 1 rings (SSSR count). The molecule has 0 atom stereocenters. The fourth-order valence-electron chi connectivity index (χ4n) is 1.07. The van der Waals surface area contributed by atoms with Crippen LogP contribution in [0.1, 0.15) is 13.8 Å². The van der Waals surface area contributed by atoms with Gasteiger partial charge in [-0.25, -0.2) is 0 Å². The first-order chi connectivity index (χ1) is 8.05. The van der Waals surface area contributed by atoms with Crippen LogP contribution in [-0.4, -0.2) is 35.3 Å². The molecular weight excluding hydrogens is 240 g/mol. The van der Waals surface area contributed by atoms with Gasteiger partial charge < -0.3 is 20.1 Å². The van der Waals surface area contributed by atoms with Crippen LogP contribution in [0.2, 0.25) is 0 Å². The standard InChI is InChI=1S/C10H16N4O2S/c1-6(2)11-10(17)14-9-12-7(15-3)5-8(13-9)16-4/h5-6H,1-4H3,(H2,11,12,13,14,17). The van der Waals surface area contributed by atoms with Crippen LogP contribution in [0.5, 0.6) is 11.8 Å². The molecule has 0 spiro atoms. The summed E-state index contributed by atoms with van der Waals surface area (Å²) in [5, 5.41) is 6.34. The third kappa shape index (κ3) is 4.39. The van der Waals surface area contributed by atoms with Crippen molar-refractivity contribution in [3.05, 3.63) is 6.07 Å². The van der Waals surface area contributed by atoms with Crippen LogP contribution in [0.3, 0.4) is 0 Å². The van der Waals surface area contributed by atoms with E-state index >= 15 is 0 Å². The quantitative estimate of drug-likeness (QED) is 0.784. The Hall–Kier alpha value is -1.63. The zero-order valence-electron chi connectivity index (χ0n) is 10.3. The van der Waals surface area contributed by atoms with Gasteiger partial charge in [0.25, 0.3) is 0 Å². The average molecular weight is 256 g/mol. The molecule has 0 amide bonds. The average Bonchev–Trinajstić information content (AvgIpc) is 2.27. The maximum absolute atomic E-state index is 5.09. The highest BCUT2D eigenvalue weighted by Gasteiger charge is 2.07. The lowest BCUT2D eigenvalue weighted by Crippen LogP contribution is -2.34. The third-order valence-corrected chi connectivity index (χ3v) is 1.96. The molecule has 0 aliphatic rings. The molecule has 1 heterocycles. The second-order valence-electron chi connectivity index (χ2n) is 3.53. The number of aromatic nitrogens is 2. The predicted octanol–water partition coefficient (Wildman–Crippen LogP) is 1.19. The Morgan fingerprint density at radius 2 is 1.76 bits per heavy atom. The highest BCUT2D eigenvalue weighted by molar-refractivity contribution is 7.80. The summed E-state index contributed by atoms with van der Waals surface area (Å²) < 4.78 is 10.1. The molecule has 6 nitrogen and oxygen atoms in total. The molecule has 1 aromatic rings. The van der Waals surface area contributed by atoms with Crippen molar-refractivity contribution in [3.8, 4) is 11.8 Å². The van der Waals surface area contributed by atoms with Crippen molar-refractivity contribution in [2.45, 2.75) is 19.9 Å². The van der Waals surface area contributed by atoms with E-state index in [4.69, 9.17) is 21.7 Å². The Balaban J connectivity index is 2.79. The molecule has 2 N–H and O–H groups in total. The van der Waals surface area contributed by atoms with Crippen molar-refractivity contribution in [1.29, 1.82) is 0 Å². The molecule has 1 aromatic heterocycles. The van der Waals surface area contributed by atoms with E-state index in [0.29, 0.717) is 22.8 Å². The predicted molar refractivity (Wildman–Crippen MR) is 69.6 cm³/mol. The molecule has 7 heteroatoms. The second-order valence-corrected chi connectivity index (χ2v) is 3.94. The van der Waals surface area contributed by atoms with Crippen molar-refractivity contribution >= 4 is 23.3 Å². The summed E-state index contributed by atoms with van der Waals surface area (Å²) in [5.41, 5.74) is 0. The second kappa shape index (κ2) is 6.19. The summed E-state index contributed by atoms with van der Waals surface area (Å²) in [4.78, 5) is 8.19. The van der Waals surface area contributed by atoms with Crippen LogP contribution < -0.4 is 20.1 Å². The smallest absolute Gasteiger partial charge is 0.235 e. The topological polar surface area (TPSA) is 68.3 Å². The number of hydrogen-bond acceptors (Lipinski definition) is 5. The highest BCUT2D eigenvalue weighted by Crippen LogP contribution is 2.17. The Kier molecular flexibility index (Phi) is 4.89. The van der Waals surface area contributed by atoms with E-state index < -0.39 is 0 Å². The Morgan fingerprint density at radius 1 is 1.24 bits per heavy atom. The van der Waals surface area contributed by atoms with Crippen LogP contribution in [-0.2, 0) is 0 Å². The molecule has 0 unspecified atom stereocenters. The van der Waals surface area contributed by atoms with Gasteiger partial charge in [0.1, 0.15) is 0 Å². The van der Waals surface area contributed by atoms with Gasteiger partial charge in [-0.05, 0) is 26.1 Å². The number of nitrogens with one attached hydrogen (secondary N) is 2. The summed E-state index contributed by atoms with van der Waals surface area (Å²) in [7, 11) is 3.05. The number of methoxy groups -OCH3 is 2. The summed E-state index contributed by atoms with van der Waals surface area (Å²) >= 11 is 5.09. The fourth-order valence-corrected chi connectivity index (χ4v) is 1.40. The normalized spacial score (nSPS) is 9.94.